The van der Waals surface area contributed by atoms with Crippen molar-refractivity contribution >= 4 is 11.9 Å². The molecule has 0 saturated carbocycles. The second-order valence-corrected chi connectivity index (χ2v) is 3.78. The van der Waals surface area contributed by atoms with E-state index in [0.717, 1.165) is 0 Å². The molecule has 0 amide bonds. The average Bonchev–Trinajstić information content (AvgIpc) is 2.42. The number of aliphatic hydroxyl groups is 5. The molecule has 22 heavy (non-hydrogen) atoms. The Morgan fingerprint density at radius 2 is 1.18 bits per heavy atom. The maximum atomic E-state index is 9.50. The third kappa shape index (κ3) is 17.1. The standard InChI is InChI=1S/C6H15NO5.C4H6O4.2Na/c7-1-3(9)5(11)6(12)4(10)2-8;5-3(6)1-2-4(7)8;;/h3-6,8-12H,1-2,7H2;1-2H2,(H,5,6)(H,7,8);;/q;;2*+1/p-2/t3-,4+,5+,6+;;;/m0.../s1. The van der Waals surface area contributed by atoms with E-state index < -0.39 is 55.8 Å². The van der Waals surface area contributed by atoms with E-state index in [1.54, 1.807) is 0 Å². The Morgan fingerprint density at radius 3 is 1.41 bits per heavy atom. The fourth-order valence-electron chi connectivity index (χ4n) is 0.907. The second kappa shape index (κ2) is 18.0. The Balaban J connectivity index is -0.000000144. The molecule has 7 N–H and O–H groups in total. The van der Waals surface area contributed by atoms with Gasteiger partial charge in [0, 0.05) is 18.5 Å². The van der Waals surface area contributed by atoms with Gasteiger partial charge in [0.1, 0.15) is 18.3 Å². The molecule has 0 aliphatic carbocycles. The van der Waals surface area contributed by atoms with Gasteiger partial charge in [-0.25, -0.2) is 0 Å². The summed E-state index contributed by atoms with van der Waals surface area (Å²) in [5.41, 5.74) is 4.99. The van der Waals surface area contributed by atoms with Crippen LogP contribution in [0.2, 0.25) is 0 Å². The first-order valence-electron chi connectivity index (χ1n) is 5.60. The van der Waals surface area contributed by atoms with Crippen LogP contribution < -0.4 is 75.1 Å². The number of carboxylic acids is 2. The molecular weight excluding hydrogens is 324 g/mol. The first-order valence-corrected chi connectivity index (χ1v) is 5.60. The Bertz CT molecular complexity index is 268. The maximum Gasteiger partial charge on any atom is 1.00 e. The Kier molecular flexibility index (Phi) is 25.1. The SMILES string of the molecule is NC[C@H](O)[C@@H](O)[C@H](O)[C@H](O)CO.O=C([O-])CCC(=O)[O-].[Na+].[Na+]. The summed E-state index contributed by atoms with van der Waals surface area (Å²) in [6.45, 7) is -0.911. The zero-order chi connectivity index (χ0) is 16.3. The Labute approximate surface area is 171 Å². The number of carbonyl (C=O) groups excluding carboxylic acids is 2. The van der Waals surface area contributed by atoms with E-state index in [0.29, 0.717) is 0 Å². The quantitative estimate of drug-likeness (QED) is 0.229. The van der Waals surface area contributed by atoms with Crippen LogP contribution in [0.25, 0.3) is 0 Å². The summed E-state index contributed by atoms with van der Waals surface area (Å²) in [4.78, 5) is 19.0. The summed E-state index contributed by atoms with van der Waals surface area (Å²) in [6, 6.07) is 0. The molecule has 4 atom stereocenters. The first kappa shape index (κ1) is 30.6. The number of rotatable bonds is 8. The van der Waals surface area contributed by atoms with Crippen LogP contribution in [0.3, 0.4) is 0 Å². The van der Waals surface area contributed by atoms with Gasteiger partial charge < -0.3 is 51.1 Å². The van der Waals surface area contributed by atoms with Crippen molar-refractivity contribution in [2.45, 2.75) is 37.3 Å². The number of nitrogens with two attached hydrogens (primary N) is 1. The number of hydrogen-bond acceptors (Lipinski definition) is 10. The molecule has 0 rings (SSSR count). The fourth-order valence-corrected chi connectivity index (χ4v) is 0.907. The summed E-state index contributed by atoms with van der Waals surface area (Å²) in [7, 11) is 0. The molecule has 0 aromatic heterocycles. The van der Waals surface area contributed by atoms with Crippen LogP contribution in [0.15, 0.2) is 0 Å². The van der Waals surface area contributed by atoms with E-state index in [4.69, 9.17) is 31.3 Å². The first-order chi connectivity index (χ1) is 9.17. The zero-order valence-corrected chi connectivity index (χ0v) is 16.6. The van der Waals surface area contributed by atoms with Gasteiger partial charge in [-0.3, -0.25) is 0 Å². The molecule has 10 nitrogen and oxygen atoms in total. The number of carboxylic acid groups (broad SMARTS) is 2. The molecule has 0 fully saturated rings. The molecule has 0 bridgehead atoms. The molecule has 0 saturated heterocycles. The minimum Gasteiger partial charge on any atom is -0.550 e. The van der Waals surface area contributed by atoms with Crippen molar-refractivity contribution in [3.05, 3.63) is 0 Å². The van der Waals surface area contributed by atoms with Crippen LogP contribution in [0, 0.1) is 0 Å². The molecule has 0 spiro atoms. The van der Waals surface area contributed by atoms with E-state index >= 15 is 0 Å². The van der Waals surface area contributed by atoms with Crippen LogP contribution in [0.5, 0.6) is 0 Å². The van der Waals surface area contributed by atoms with E-state index in [9.17, 15) is 19.8 Å². The van der Waals surface area contributed by atoms with Gasteiger partial charge in [0.2, 0.25) is 0 Å². The van der Waals surface area contributed by atoms with Gasteiger partial charge in [-0.1, -0.05) is 0 Å². The van der Waals surface area contributed by atoms with Crippen LogP contribution in [0.1, 0.15) is 12.8 Å². The second-order valence-electron chi connectivity index (χ2n) is 3.78. The summed E-state index contributed by atoms with van der Waals surface area (Å²) >= 11 is 0. The molecule has 0 radical (unpaired) electrons. The van der Waals surface area contributed by atoms with E-state index in [1.807, 2.05) is 0 Å². The minimum absolute atomic E-state index is 0. The minimum atomic E-state index is -1.59. The Morgan fingerprint density at radius 1 is 0.864 bits per heavy atom. The van der Waals surface area contributed by atoms with Gasteiger partial charge in [-0.05, 0) is 12.8 Å². The topological polar surface area (TPSA) is 207 Å². The van der Waals surface area contributed by atoms with Gasteiger partial charge in [-0.15, -0.1) is 0 Å². The molecule has 0 heterocycles. The maximum absolute atomic E-state index is 9.50. The van der Waals surface area contributed by atoms with Crippen molar-refractivity contribution in [1.29, 1.82) is 0 Å². The summed E-state index contributed by atoms with van der Waals surface area (Å²) in [6.07, 6.45) is -6.85. The number of aliphatic hydroxyl groups excluding tert-OH is 5. The number of hydrogen-bond donors (Lipinski definition) is 6. The normalized spacial score (nSPS) is 14.8. The third-order valence-electron chi connectivity index (χ3n) is 2.10. The van der Waals surface area contributed by atoms with Crippen LogP contribution in [-0.2, 0) is 9.59 Å². The van der Waals surface area contributed by atoms with Crippen molar-refractivity contribution in [3.8, 4) is 0 Å². The molecule has 0 unspecified atom stereocenters. The van der Waals surface area contributed by atoms with Crippen LogP contribution >= 0.6 is 0 Å². The van der Waals surface area contributed by atoms with Crippen molar-refractivity contribution in [2.24, 2.45) is 5.73 Å². The van der Waals surface area contributed by atoms with Crippen molar-refractivity contribution in [1.82, 2.24) is 0 Å². The zero-order valence-electron chi connectivity index (χ0n) is 12.6. The molecular formula is C10H19NNa2O9. The van der Waals surface area contributed by atoms with Crippen molar-refractivity contribution < 1.29 is 104 Å². The fraction of sp³-hybridized carbons (Fsp3) is 0.800. The number of aliphatic carboxylic acids is 2. The largest absolute Gasteiger partial charge is 1.00 e. The summed E-state index contributed by atoms with van der Waals surface area (Å²) < 4.78 is 0. The summed E-state index contributed by atoms with van der Waals surface area (Å²) in [5.74, 6) is -2.73. The molecule has 12 heteroatoms. The van der Waals surface area contributed by atoms with Gasteiger partial charge in [0.15, 0.2) is 0 Å². The molecule has 0 aliphatic heterocycles. The van der Waals surface area contributed by atoms with Gasteiger partial charge in [0.25, 0.3) is 0 Å². The average molecular weight is 343 g/mol. The Hall–Kier alpha value is 0.700. The molecule has 0 aromatic carbocycles. The van der Waals surface area contributed by atoms with Gasteiger partial charge in [0.05, 0.1) is 12.7 Å². The smallest absolute Gasteiger partial charge is 0.550 e. The van der Waals surface area contributed by atoms with Gasteiger partial charge >= 0.3 is 59.1 Å². The van der Waals surface area contributed by atoms with E-state index in [-0.39, 0.29) is 65.7 Å². The molecule has 120 valence electrons. The monoisotopic (exact) mass is 343 g/mol. The van der Waals surface area contributed by atoms with Gasteiger partial charge in [-0.2, -0.15) is 0 Å². The van der Waals surface area contributed by atoms with E-state index in [1.165, 1.54) is 0 Å². The predicted octanol–water partition coefficient (Wildman–Crippen LogP) is -12.3. The van der Waals surface area contributed by atoms with Crippen molar-refractivity contribution in [3.63, 3.8) is 0 Å². The summed E-state index contributed by atoms with van der Waals surface area (Å²) in [5, 5.41) is 63.2. The predicted molar refractivity (Wildman–Crippen MR) is 59.4 cm³/mol. The number of carbonyl (C=O) groups is 2. The van der Waals surface area contributed by atoms with Crippen LogP contribution in [0.4, 0.5) is 0 Å². The van der Waals surface area contributed by atoms with Crippen LogP contribution in [-0.4, -0.2) is 75.0 Å². The molecule has 0 aromatic rings. The van der Waals surface area contributed by atoms with Crippen molar-refractivity contribution in [2.75, 3.05) is 13.2 Å². The molecule has 0 aliphatic rings. The van der Waals surface area contributed by atoms with E-state index in [2.05, 4.69) is 0 Å². The third-order valence-corrected chi connectivity index (χ3v) is 2.10.